The highest BCUT2D eigenvalue weighted by molar-refractivity contribution is 7.89. The number of carbonyl (C=O) groups is 2. The minimum Gasteiger partial charge on any atom is -0.463 e. The van der Waals surface area contributed by atoms with Gasteiger partial charge in [0.15, 0.2) is 0 Å². The van der Waals surface area contributed by atoms with Crippen LogP contribution in [0.25, 0.3) is 0 Å². The number of nitrogens with one attached hydrogen (secondary N) is 1. The fourth-order valence-corrected chi connectivity index (χ4v) is 3.14. The fraction of sp³-hybridized carbons (Fsp3) is 0.846. The molecule has 0 atom stereocenters. The van der Waals surface area contributed by atoms with E-state index in [1.807, 2.05) is 0 Å². The second kappa shape index (κ2) is 8.33. The lowest BCUT2D eigenvalue weighted by molar-refractivity contribution is -0.147. The Morgan fingerprint density at radius 3 is 2.27 bits per heavy atom. The number of hydrogen-bond acceptors (Lipinski definition) is 5. The van der Waals surface area contributed by atoms with Crippen LogP contribution < -0.4 is 5.32 Å². The van der Waals surface area contributed by atoms with Crippen LogP contribution >= 0.6 is 0 Å². The Bertz CT molecular complexity index is 484. The molecule has 0 aromatic carbocycles. The van der Waals surface area contributed by atoms with Gasteiger partial charge in [-0.3, -0.25) is 4.79 Å². The van der Waals surface area contributed by atoms with Crippen molar-refractivity contribution >= 4 is 22.0 Å². The smallest absolute Gasteiger partial charge is 0.317 e. The summed E-state index contributed by atoms with van der Waals surface area (Å²) in [6, 6.07) is -0.286. The first kappa shape index (κ1) is 18.7. The molecule has 1 aliphatic rings. The van der Waals surface area contributed by atoms with Gasteiger partial charge in [0.1, 0.15) is 0 Å². The molecular weight excluding hydrogens is 310 g/mol. The summed E-state index contributed by atoms with van der Waals surface area (Å²) in [5.41, 5.74) is 0. The zero-order valence-electron chi connectivity index (χ0n) is 13.4. The molecule has 0 spiro atoms. The first-order valence-electron chi connectivity index (χ1n) is 7.46. The van der Waals surface area contributed by atoms with E-state index >= 15 is 0 Å². The topological polar surface area (TPSA) is 96.0 Å². The number of esters is 1. The summed E-state index contributed by atoms with van der Waals surface area (Å²) in [6.07, 6.45) is -0.0505. The summed E-state index contributed by atoms with van der Waals surface area (Å²) in [5, 5.41) is 2.64. The molecule has 0 unspecified atom stereocenters. The third-order valence-corrected chi connectivity index (χ3v) is 5.14. The number of rotatable bonds is 6. The normalized spacial score (nSPS) is 16.6. The minimum atomic E-state index is -3.20. The van der Waals surface area contributed by atoms with Crippen molar-refractivity contribution in [3.63, 3.8) is 0 Å². The van der Waals surface area contributed by atoms with Crippen molar-refractivity contribution in [3.05, 3.63) is 0 Å². The average Bonchev–Trinajstić information content (AvgIpc) is 2.46. The summed E-state index contributed by atoms with van der Waals surface area (Å²) in [5.74, 6) is -0.286. The van der Waals surface area contributed by atoms with Crippen molar-refractivity contribution in [3.8, 4) is 0 Å². The van der Waals surface area contributed by atoms with E-state index in [-0.39, 0.29) is 36.8 Å². The largest absolute Gasteiger partial charge is 0.463 e. The molecule has 2 amide bonds. The Kier molecular flexibility index (Phi) is 7.08. The molecule has 0 aromatic heterocycles. The number of ether oxygens (including phenoxy) is 1. The van der Waals surface area contributed by atoms with Crippen molar-refractivity contribution in [2.45, 2.75) is 33.3 Å². The van der Waals surface area contributed by atoms with Crippen LogP contribution in [0.15, 0.2) is 0 Å². The maximum atomic E-state index is 11.9. The first-order valence-corrected chi connectivity index (χ1v) is 9.07. The molecule has 0 radical (unpaired) electrons. The van der Waals surface area contributed by atoms with E-state index in [1.165, 1.54) is 4.31 Å². The number of hydrogen-bond donors (Lipinski definition) is 1. The first-order chi connectivity index (χ1) is 10.3. The number of sulfonamides is 1. The molecule has 1 heterocycles. The molecule has 22 heavy (non-hydrogen) atoms. The molecule has 128 valence electrons. The van der Waals surface area contributed by atoms with Gasteiger partial charge in [-0.1, -0.05) is 0 Å². The van der Waals surface area contributed by atoms with Crippen LogP contribution in [0, 0.1) is 0 Å². The summed E-state index contributed by atoms with van der Waals surface area (Å²) in [4.78, 5) is 24.8. The SMILES string of the molecule is CCS(=O)(=O)N1CCN(C(=O)NCCC(=O)OC(C)C)CC1. The maximum absolute atomic E-state index is 11.9. The number of urea groups is 1. The van der Waals surface area contributed by atoms with Crippen molar-refractivity contribution in [2.24, 2.45) is 0 Å². The minimum absolute atomic E-state index is 0.0666. The standard InChI is InChI=1S/C13H25N3O5S/c1-4-22(19,20)16-9-7-15(8-10-16)13(18)14-6-5-12(17)21-11(2)3/h11H,4-10H2,1-3H3,(H,14,18). The third kappa shape index (κ3) is 5.80. The molecule has 0 saturated carbocycles. The van der Waals surface area contributed by atoms with E-state index in [0.29, 0.717) is 26.2 Å². The highest BCUT2D eigenvalue weighted by atomic mass is 32.2. The van der Waals surface area contributed by atoms with Crippen molar-refractivity contribution in [2.75, 3.05) is 38.5 Å². The van der Waals surface area contributed by atoms with Gasteiger partial charge in [0.25, 0.3) is 0 Å². The Labute approximate surface area is 131 Å². The van der Waals surface area contributed by atoms with Gasteiger partial charge in [-0.2, -0.15) is 4.31 Å². The van der Waals surface area contributed by atoms with Crippen LogP contribution in [-0.2, 0) is 19.6 Å². The number of nitrogens with zero attached hydrogens (tertiary/aromatic N) is 2. The van der Waals surface area contributed by atoms with E-state index in [2.05, 4.69) is 5.32 Å². The van der Waals surface area contributed by atoms with Crippen molar-refractivity contribution in [1.29, 1.82) is 0 Å². The molecule has 0 aliphatic carbocycles. The van der Waals surface area contributed by atoms with Gasteiger partial charge >= 0.3 is 12.0 Å². The van der Waals surface area contributed by atoms with E-state index in [1.54, 1.807) is 25.7 Å². The average molecular weight is 335 g/mol. The van der Waals surface area contributed by atoms with Crippen LogP contribution in [-0.4, -0.2) is 74.2 Å². The molecule has 0 bridgehead atoms. The lowest BCUT2D eigenvalue weighted by atomic mass is 10.4. The van der Waals surface area contributed by atoms with Gasteiger partial charge < -0.3 is 15.0 Å². The zero-order valence-corrected chi connectivity index (χ0v) is 14.2. The van der Waals surface area contributed by atoms with Crippen LogP contribution in [0.5, 0.6) is 0 Å². The number of piperazine rings is 1. The molecule has 0 aromatic rings. The third-order valence-electron chi connectivity index (χ3n) is 3.26. The van der Waals surface area contributed by atoms with E-state index < -0.39 is 10.0 Å². The van der Waals surface area contributed by atoms with Crippen LogP contribution in [0.4, 0.5) is 4.79 Å². The Morgan fingerprint density at radius 2 is 1.77 bits per heavy atom. The number of amides is 2. The summed E-state index contributed by atoms with van der Waals surface area (Å²) in [7, 11) is -3.20. The Balaban J connectivity index is 2.30. The second-order valence-electron chi connectivity index (χ2n) is 5.31. The Morgan fingerprint density at radius 1 is 1.18 bits per heavy atom. The summed E-state index contributed by atoms with van der Waals surface area (Å²) in [6.45, 7) is 6.64. The van der Waals surface area contributed by atoms with Crippen LogP contribution in [0.1, 0.15) is 27.2 Å². The number of carbonyl (C=O) groups excluding carboxylic acids is 2. The highest BCUT2D eigenvalue weighted by Gasteiger charge is 2.27. The summed E-state index contributed by atoms with van der Waals surface area (Å²) < 4.78 is 29.8. The monoisotopic (exact) mass is 335 g/mol. The van der Waals surface area contributed by atoms with Gasteiger partial charge in [0, 0.05) is 32.7 Å². The quantitative estimate of drug-likeness (QED) is 0.690. The van der Waals surface area contributed by atoms with Crippen LogP contribution in [0.2, 0.25) is 0 Å². The molecule has 1 N–H and O–H groups in total. The zero-order chi connectivity index (χ0) is 16.8. The van der Waals surface area contributed by atoms with Gasteiger partial charge in [-0.05, 0) is 20.8 Å². The lowest BCUT2D eigenvalue weighted by Crippen LogP contribution is -2.53. The highest BCUT2D eigenvalue weighted by Crippen LogP contribution is 2.08. The van der Waals surface area contributed by atoms with Crippen LogP contribution in [0.3, 0.4) is 0 Å². The van der Waals surface area contributed by atoms with Crippen molar-refractivity contribution in [1.82, 2.24) is 14.5 Å². The van der Waals surface area contributed by atoms with Gasteiger partial charge in [-0.25, -0.2) is 13.2 Å². The fourth-order valence-electron chi connectivity index (χ4n) is 2.06. The molecule has 1 saturated heterocycles. The van der Waals surface area contributed by atoms with Crippen molar-refractivity contribution < 1.29 is 22.7 Å². The molecule has 1 fully saturated rings. The predicted molar refractivity (Wildman–Crippen MR) is 81.9 cm³/mol. The maximum Gasteiger partial charge on any atom is 0.317 e. The second-order valence-corrected chi connectivity index (χ2v) is 7.56. The summed E-state index contributed by atoms with van der Waals surface area (Å²) >= 11 is 0. The van der Waals surface area contributed by atoms with E-state index in [0.717, 1.165) is 0 Å². The Hall–Kier alpha value is -1.35. The van der Waals surface area contributed by atoms with Gasteiger partial charge in [0.05, 0.1) is 18.3 Å². The molecule has 8 nitrogen and oxygen atoms in total. The predicted octanol–water partition coefficient (Wildman–Crippen LogP) is 0.00500. The lowest BCUT2D eigenvalue weighted by Gasteiger charge is -2.33. The molecule has 9 heteroatoms. The molecular formula is C13H25N3O5S. The van der Waals surface area contributed by atoms with E-state index in [9.17, 15) is 18.0 Å². The molecule has 1 aliphatic heterocycles. The van der Waals surface area contributed by atoms with Gasteiger partial charge in [0.2, 0.25) is 10.0 Å². The molecule has 1 rings (SSSR count). The van der Waals surface area contributed by atoms with E-state index in [4.69, 9.17) is 4.74 Å². The van der Waals surface area contributed by atoms with Gasteiger partial charge in [-0.15, -0.1) is 0 Å².